The third-order valence-corrected chi connectivity index (χ3v) is 6.73. The van der Waals surface area contributed by atoms with E-state index in [4.69, 9.17) is 0 Å². The van der Waals surface area contributed by atoms with Gasteiger partial charge in [0.2, 0.25) is 0 Å². The Morgan fingerprint density at radius 1 is 1.26 bits per heavy atom. The van der Waals surface area contributed by atoms with Crippen molar-refractivity contribution in [3.8, 4) is 0 Å². The molecule has 0 aliphatic carbocycles. The van der Waals surface area contributed by atoms with Crippen LogP contribution in [0.3, 0.4) is 0 Å². The largest absolute Gasteiger partial charge is 0.329 e. The minimum absolute atomic E-state index is 0.0655. The molecule has 122 valence electrons. The quantitative estimate of drug-likeness (QED) is 0.853. The summed E-state index contributed by atoms with van der Waals surface area (Å²) in [5.74, 6) is 0.135. The Hall–Kier alpha value is -1.66. The van der Waals surface area contributed by atoms with E-state index in [1.165, 1.54) is 0 Å². The SMILES string of the molecule is Cc1ccc(C(=O)N(Cc2cccs2)[C@@H]2CCS(=O)(=O)C2)cc1. The van der Waals surface area contributed by atoms with Gasteiger partial charge in [-0.05, 0) is 36.9 Å². The van der Waals surface area contributed by atoms with E-state index >= 15 is 0 Å². The van der Waals surface area contributed by atoms with E-state index in [1.807, 2.05) is 48.7 Å². The van der Waals surface area contributed by atoms with E-state index in [1.54, 1.807) is 16.2 Å². The summed E-state index contributed by atoms with van der Waals surface area (Å²) in [6.45, 7) is 2.44. The molecule has 1 fully saturated rings. The van der Waals surface area contributed by atoms with Gasteiger partial charge in [-0.25, -0.2) is 8.42 Å². The van der Waals surface area contributed by atoms with Gasteiger partial charge in [-0.1, -0.05) is 23.8 Å². The summed E-state index contributed by atoms with van der Waals surface area (Å²) in [5.41, 5.74) is 1.70. The second-order valence-corrected chi connectivity index (χ2v) is 9.20. The molecule has 0 saturated carbocycles. The van der Waals surface area contributed by atoms with Gasteiger partial charge in [0.05, 0.1) is 18.1 Å². The molecule has 4 nitrogen and oxygen atoms in total. The first-order valence-corrected chi connectivity index (χ1v) is 10.3. The molecule has 3 rings (SSSR count). The fourth-order valence-electron chi connectivity index (χ4n) is 2.82. The molecule has 0 radical (unpaired) electrons. The summed E-state index contributed by atoms with van der Waals surface area (Å²) in [5, 5.41) is 1.97. The van der Waals surface area contributed by atoms with E-state index in [0.717, 1.165) is 10.4 Å². The second kappa shape index (κ2) is 6.45. The van der Waals surface area contributed by atoms with Gasteiger partial charge in [-0.3, -0.25) is 4.79 Å². The third-order valence-electron chi connectivity index (χ3n) is 4.11. The monoisotopic (exact) mass is 349 g/mol. The van der Waals surface area contributed by atoms with Crippen molar-refractivity contribution in [1.29, 1.82) is 0 Å². The molecule has 1 saturated heterocycles. The number of carbonyl (C=O) groups excluding carboxylic acids is 1. The van der Waals surface area contributed by atoms with Gasteiger partial charge in [-0.15, -0.1) is 11.3 Å². The Morgan fingerprint density at radius 2 is 2.00 bits per heavy atom. The zero-order valence-corrected chi connectivity index (χ0v) is 14.6. The van der Waals surface area contributed by atoms with Crippen LogP contribution >= 0.6 is 11.3 Å². The maximum atomic E-state index is 12.9. The zero-order valence-electron chi connectivity index (χ0n) is 12.9. The number of hydrogen-bond acceptors (Lipinski definition) is 4. The minimum Gasteiger partial charge on any atom is -0.329 e. The van der Waals surface area contributed by atoms with Gasteiger partial charge in [0.1, 0.15) is 0 Å². The maximum absolute atomic E-state index is 12.9. The number of amides is 1. The van der Waals surface area contributed by atoms with Crippen LogP contribution in [0.2, 0.25) is 0 Å². The van der Waals surface area contributed by atoms with Gasteiger partial charge >= 0.3 is 0 Å². The summed E-state index contributed by atoms with van der Waals surface area (Å²) in [6, 6.07) is 11.1. The van der Waals surface area contributed by atoms with E-state index in [0.29, 0.717) is 18.5 Å². The highest BCUT2D eigenvalue weighted by Gasteiger charge is 2.35. The van der Waals surface area contributed by atoms with Gasteiger partial charge in [0.25, 0.3) is 5.91 Å². The van der Waals surface area contributed by atoms with Crippen LogP contribution in [-0.4, -0.2) is 36.8 Å². The van der Waals surface area contributed by atoms with Crippen LogP contribution < -0.4 is 0 Å². The summed E-state index contributed by atoms with van der Waals surface area (Å²) in [7, 11) is -3.03. The average Bonchev–Trinajstić information content (AvgIpc) is 3.14. The highest BCUT2D eigenvalue weighted by atomic mass is 32.2. The predicted octanol–water partition coefficient (Wildman–Crippen LogP) is 2.89. The summed E-state index contributed by atoms with van der Waals surface area (Å²) in [4.78, 5) is 15.7. The molecule has 6 heteroatoms. The number of rotatable bonds is 4. The average molecular weight is 349 g/mol. The Labute approximate surface area is 140 Å². The van der Waals surface area contributed by atoms with Gasteiger partial charge < -0.3 is 4.90 Å². The lowest BCUT2D eigenvalue weighted by Gasteiger charge is -2.28. The molecule has 1 aromatic heterocycles. The molecule has 0 unspecified atom stereocenters. The van der Waals surface area contributed by atoms with Crippen molar-refractivity contribution in [2.75, 3.05) is 11.5 Å². The Balaban J connectivity index is 1.88. The summed E-state index contributed by atoms with van der Waals surface area (Å²) < 4.78 is 23.6. The van der Waals surface area contributed by atoms with Gasteiger partial charge in [0, 0.05) is 16.5 Å². The molecule has 1 atom stereocenters. The van der Waals surface area contributed by atoms with Crippen LogP contribution in [0.4, 0.5) is 0 Å². The third kappa shape index (κ3) is 3.82. The van der Waals surface area contributed by atoms with Crippen LogP contribution in [-0.2, 0) is 16.4 Å². The molecule has 0 spiro atoms. The van der Waals surface area contributed by atoms with Crippen LogP contribution in [0.5, 0.6) is 0 Å². The van der Waals surface area contributed by atoms with Gasteiger partial charge in [-0.2, -0.15) is 0 Å². The number of hydrogen-bond donors (Lipinski definition) is 0. The van der Waals surface area contributed by atoms with Crippen molar-refractivity contribution < 1.29 is 13.2 Å². The van der Waals surface area contributed by atoms with Crippen molar-refractivity contribution >= 4 is 27.1 Å². The number of aryl methyl sites for hydroxylation is 1. The Kier molecular flexibility index (Phi) is 4.55. The number of nitrogens with zero attached hydrogens (tertiary/aromatic N) is 1. The molecule has 1 aromatic carbocycles. The predicted molar refractivity (Wildman–Crippen MR) is 92.4 cm³/mol. The number of carbonyl (C=O) groups is 1. The Bertz CT molecular complexity index is 780. The molecule has 1 aliphatic rings. The first-order chi connectivity index (χ1) is 10.9. The van der Waals surface area contributed by atoms with E-state index in [2.05, 4.69) is 0 Å². The first-order valence-electron chi connectivity index (χ1n) is 7.55. The van der Waals surface area contributed by atoms with Crippen LogP contribution in [0.1, 0.15) is 27.2 Å². The Morgan fingerprint density at radius 3 is 2.57 bits per heavy atom. The van der Waals surface area contributed by atoms with Crippen molar-refractivity contribution in [3.05, 3.63) is 57.8 Å². The van der Waals surface area contributed by atoms with Crippen LogP contribution in [0.25, 0.3) is 0 Å². The lowest BCUT2D eigenvalue weighted by atomic mass is 10.1. The smallest absolute Gasteiger partial charge is 0.254 e. The van der Waals surface area contributed by atoms with E-state index in [-0.39, 0.29) is 23.5 Å². The highest BCUT2D eigenvalue weighted by Crippen LogP contribution is 2.24. The molecular weight excluding hydrogens is 330 g/mol. The number of sulfone groups is 1. The van der Waals surface area contributed by atoms with Crippen molar-refractivity contribution in [3.63, 3.8) is 0 Å². The molecule has 1 aliphatic heterocycles. The maximum Gasteiger partial charge on any atom is 0.254 e. The molecule has 0 bridgehead atoms. The van der Waals surface area contributed by atoms with Crippen LogP contribution in [0.15, 0.2) is 41.8 Å². The number of thiophene rings is 1. The van der Waals surface area contributed by atoms with E-state index < -0.39 is 9.84 Å². The number of benzene rings is 1. The topological polar surface area (TPSA) is 54.5 Å². The van der Waals surface area contributed by atoms with Crippen molar-refractivity contribution in [2.24, 2.45) is 0 Å². The van der Waals surface area contributed by atoms with Crippen LogP contribution in [0, 0.1) is 6.92 Å². The van der Waals surface area contributed by atoms with Crippen molar-refractivity contribution in [2.45, 2.75) is 25.9 Å². The van der Waals surface area contributed by atoms with Gasteiger partial charge in [0.15, 0.2) is 9.84 Å². The normalized spacial score (nSPS) is 19.6. The fraction of sp³-hybridized carbons (Fsp3) is 0.353. The first kappa shape index (κ1) is 16.2. The minimum atomic E-state index is -3.03. The fourth-order valence-corrected chi connectivity index (χ4v) is 5.25. The molecule has 0 N–H and O–H groups in total. The lowest BCUT2D eigenvalue weighted by Crippen LogP contribution is -2.40. The summed E-state index contributed by atoms with van der Waals surface area (Å²) >= 11 is 1.58. The molecule has 2 aromatic rings. The van der Waals surface area contributed by atoms with Crippen molar-refractivity contribution in [1.82, 2.24) is 4.90 Å². The molecule has 1 amide bonds. The standard InChI is InChI=1S/C17H19NO3S2/c1-13-4-6-14(7-5-13)17(19)18(11-16-3-2-9-22-16)15-8-10-23(20,21)12-15/h2-7,9,15H,8,10-12H2,1H3/t15-/m1/s1. The lowest BCUT2D eigenvalue weighted by molar-refractivity contribution is 0.0683. The second-order valence-electron chi connectivity index (χ2n) is 5.94. The molecule has 23 heavy (non-hydrogen) atoms. The zero-order chi connectivity index (χ0) is 16.4. The molecular formula is C17H19NO3S2. The highest BCUT2D eigenvalue weighted by molar-refractivity contribution is 7.91. The molecule has 2 heterocycles. The van der Waals surface area contributed by atoms with E-state index in [9.17, 15) is 13.2 Å². The summed E-state index contributed by atoms with van der Waals surface area (Å²) in [6.07, 6.45) is 0.519.